The predicted molar refractivity (Wildman–Crippen MR) is 159 cm³/mol. The molecule has 0 saturated carbocycles. The Morgan fingerprint density at radius 1 is 1.13 bits per heavy atom. The molecule has 1 aromatic carbocycles. The molecule has 5 rings (SSSR count). The molecule has 1 atom stereocenters. The summed E-state index contributed by atoms with van der Waals surface area (Å²) < 4.78 is 1.90. The highest BCUT2D eigenvalue weighted by molar-refractivity contribution is 8.00. The van der Waals surface area contributed by atoms with Crippen LogP contribution in [0.5, 0.6) is 0 Å². The average molecular weight is 560 g/mol. The standard InChI is InChI=1S/C30H33N5O2S2/c1-19-7-6-8-23(20(19)2)35-29-26(28(33-35)30(3,4)5)27(22-11-14-38-17-22)39-18-25(37)34(29)16-24(36)32-15-21-9-12-31-13-10-21/h6-14,17,27H,15-16,18H2,1-5H3,(H,32,36). The minimum Gasteiger partial charge on any atom is -0.350 e. The molecule has 9 heteroatoms. The molecule has 7 nitrogen and oxygen atoms in total. The molecule has 0 spiro atoms. The summed E-state index contributed by atoms with van der Waals surface area (Å²) in [5, 5.41) is 12.3. The Bertz CT molecular complexity index is 1490. The van der Waals surface area contributed by atoms with E-state index in [0.29, 0.717) is 12.4 Å². The number of thiophene rings is 1. The molecule has 3 aromatic heterocycles. The lowest BCUT2D eigenvalue weighted by Gasteiger charge is -2.24. The second-order valence-corrected chi connectivity index (χ2v) is 12.7. The fourth-order valence-electron chi connectivity index (χ4n) is 4.79. The van der Waals surface area contributed by atoms with Crippen LogP contribution in [-0.2, 0) is 21.5 Å². The van der Waals surface area contributed by atoms with E-state index in [1.165, 1.54) is 0 Å². The zero-order valence-corrected chi connectivity index (χ0v) is 24.5. The Hall–Kier alpha value is -3.43. The number of amides is 2. The lowest BCUT2D eigenvalue weighted by molar-refractivity contribution is -0.123. The monoisotopic (exact) mass is 559 g/mol. The number of fused-ring (bicyclic) bond motifs is 1. The highest BCUT2D eigenvalue weighted by Gasteiger charge is 2.40. The Balaban J connectivity index is 1.66. The highest BCUT2D eigenvalue weighted by Crippen LogP contribution is 2.49. The third-order valence-electron chi connectivity index (χ3n) is 6.99. The van der Waals surface area contributed by atoms with Crippen molar-refractivity contribution in [1.29, 1.82) is 0 Å². The van der Waals surface area contributed by atoms with E-state index in [4.69, 9.17) is 5.10 Å². The molecule has 0 saturated heterocycles. The number of hydrogen-bond acceptors (Lipinski definition) is 6. The first-order valence-corrected chi connectivity index (χ1v) is 14.9. The number of anilines is 1. The van der Waals surface area contributed by atoms with Crippen LogP contribution in [0.2, 0.25) is 0 Å². The van der Waals surface area contributed by atoms with Gasteiger partial charge < -0.3 is 5.32 Å². The molecule has 4 heterocycles. The van der Waals surface area contributed by atoms with Crippen LogP contribution in [0.4, 0.5) is 5.82 Å². The Labute approximate surface area is 237 Å². The largest absolute Gasteiger partial charge is 0.350 e. The first-order valence-electron chi connectivity index (χ1n) is 12.9. The first kappa shape index (κ1) is 27.1. The Kier molecular flexibility index (Phi) is 7.64. The van der Waals surface area contributed by atoms with E-state index in [1.807, 2.05) is 28.9 Å². The van der Waals surface area contributed by atoms with E-state index in [-0.39, 0.29) is 34.8 Å². The van der Waals surface area contributed by atoms with Gasteiger partial charge in [-0.25, -0.2) is 4.68 Å². The van der Waals surface area contributed by atoms with Crippen molar-refractivity contribution in [3.05, 3.63) is 93.1 Å². The van der Waals surface area contributed by atoms with E-state index in [9.17, 15) is 9.59 Å². The molecule has 1 unspecified atom stereocenters. The summed E-state index contributed by atoms with van der Waals surface area (Å²) in [6, 6.07) is 12.0. The van der Waals surface area contributed by atoms with Gasteiger partial charge in [-0.1, -0.05) is 32.9 Å². The number of nitrogens with zero attached hydrogens (tertiary/aromatic N) is 4. The fraction of sp³-hybridized carbons (Fsp3) is 0.333. The van der Waals surface area contributed by atoms with Gasteiger partial charge in [0.25, 0.3) is 0 Å². The lowest BCUT2D eigenvalue weighted by atomic mass is 9.87. The maximum absolute atomic E-state index is 13.8. The van der Waals surface area contributed by atoms with Crippen LogP contribution >= 0.6 is 23.1 Å². The number of pyridine rings is 1. The van der Waals surface area contributed by atoms with Gasteiger partial charge >= 0.3 is 0 Å². The van der Waals surface area contributed by atoms with Crippen LogP contribution in [0.25, 0.3) is 5.69 Å². The smallest absolute Gasteiger partial charge is 0.240 e. The van der Waals surface area contributed by atoms with Crippen molar-refractivity contribution in [2.75, 3.05) is 17.2 Å². The summed E-state index contributed by atoms with van der Waals surface area (Å²) >= 11 is 3.25. The average Bonchev–Trinajstić information content (AvgIpc) is 3.55. The van der Waals surface area contributed by atoms with E-state index in [1.54, 1.807) is 40.4 Å². The van der Waals surface area contributed by atoms with Gasteiger partial charge in [-0.05, 0) is 71.1 Å². The molecule has 0 bridgehead atoms. The van der Waals surface area contributed by atoms with Crippen LogP contribution in [0.3, 0.4) is 0 Å². The van der Waals surface area contributed by atoms with Crippen LogP contribution in [0.1, 0.15) is 59.5 Å². The highest BCUT2D eigenvalue weighted by atomic mass is 32.2. The molecule has 0 aliphatic carbocycles. The molecule has 0 radical (unpaired) electrons. The van der Waals surface area contributed by atoms with Gasteiger partial charge in [0.15, 0.2) is 0 Å². The molecule has 0 fully saturated rings. The van der Waals surface area contributed by atoms with E-state index < -0.39 is 0 Å². The summed E-state index contributed by atoms with van der Waals surface area (Å²) in [6.07, 6.45) is 3.40. The van der Waals surface area contributed by atoms with Gasteiger partial charge in [-0.3, -0.25) is 19.5 Å². The number of thioether (sulfide) groups is 1. The fourth-order valence-corrected chi connectivity index (χ4v) is 6.75. The van der Waals surface area contributed by atoms with E-state index in [2.05, 4.69) is 67.8 Å². The van der Waals surface area contributed by atoms with Crippen molar-refractivity contribution in [3.8, 4) is 5.69 Å². The number of hydrogen-bond donors (Lipinski definition) is 1. The summed E-state index contributed by atoms with van der Waals surface area (Å²) in [7, 11) is 0. The van der Waals surface area contributed by atoms with Crippen LogP contribution in [0, 0.1) is 13.8 Å². The van der Waals surface area contributed by atoms with Crippen molar-refractivity contribution >= 4 is 40.7 Å². The van der Waals surface area contributed by atoms with Crippen molar-refractivity contribution < 1.29 is 9.59 Å². The molecule has 2 amide bonds. The summed E-state index contributed by atoms with van der Waals surface area (Å²) in [5.41, 5.74) is 6.87. The molecule has 202 valence electrons. The van der Waals surface area contributed by atoms with Crippen LogP contribution in [0.15, 0.2) is 59.6 Å². The van der Waals surface area contributed by atoms with Gasteiger partial charge in [-0.2, -0.15) is 16.4 Å². The van der Waals surface area contributed by atoms with Gasteiger partial charge in [0.05, 0.1) is 22.4 Å². The molecule has 4 aromatic rings. The maximum Gasteiger partial charge on any atom is 0.240 e. The van der Waals surface area contributed by atoms with E-state index >= 15 is 0 Å². The van der Waals surface area contributed by atoms with Crippen molar-refractivity contribution in [3.63, 3.8) is 0 Å². The second-order valence-electron chi connectivity index (χ2n) is 10.8. The van der Waals surface area contributed by atoms with Gasteiger partial charge in [0, 0.05) is 29.9 Å². The minimum absolute atomic E-state index is 0.0758. The number of carbonyl (C=O) groups excluding carboxylic acids is 2. The molecule has 1 aliphatic rings. The minimum atomic E-state index is -0.287. The van der Waals surface area contributed by atoms with Crippen molar-refractivity contribution in [2.45, 2.75) is 51.8 Å². The van der Waals surface area contributed by atoms with Crippen LogP contribution < -0.4 is 10.2 Å². The second kappa shape index (κ2) is 11.0. The molecular formula is C30H33N5O2S2. The van der Waals surface area contributed by atoms with Gasteiger partial charge in [0.1, 0.15) is 12.4 Å². The Morgan fingerprint density at radius 3 is 2.59 bits per heavy atom. The number of aromatic nitrogens is 3. The van der Waals surface area contributed by atoms with Crippen LogP contribution in [-0.4, -0.2) is 38.9 Å². The number of rotatable bonds is 6. The summed E-state index contributed by atoms with van der Waals surface area (Å²) in [4.78, 5) is 32.7. The molecule has 1 N–H and O–H groups in total. The van der Waals surface area contributed by atoms with Gasteiger partial charge in [0.2, 0.25) is 11.8 Å². The summed E-state index contributed by atoms with van der Waals surface area (Å²) in [6.45, 7) is 10.9. The summed E-state index contributed by atoms with van der Waals surface area (Å²) in [5.74, 6) is 0.614. The maximum atomic E-state index is 13.8. The number of nitrogens with one attached hydrogen (secondary N) is 1. The number of carbonyl (C=O) groups is 2. The zero-order chi connectivity index (χ0) is 27.7. The number of aryl methyl sites for hydroxylation is 1. The van der Waals surface area contributed by atoms with Crippen molar-refractivity contribution in [1.82, 2.24) is 20.1 Å². The lowest BCUT2D eigenvalue weighted by Crippen LogP contribution is -2.42. The van der Waals surface area contributed by atoms with Gasteiger partial charge in [-0.15, -0.1) is 11.8 Å². The molecule has 39 heavy (non-hydrogen) atoms. The predicted octanol–water partition coefficient (Wildman–Crippen LogP) is 5.73. The van der Waals surface area contributed by atoms with E-state index in [0.717, 1.165) is 39.2 Å². The topological polar surface area (TPSA) is 80.1 Å². The third kappa shape index (κ3) is 5.51. The normalized spacial score (nSPS) is 15.7. The van der Waals surface area contributed by atoms with Crippen molar-refractivity contribution in [2.24, 2.45) is 0 Å². The first-order chi connectivity index (χ1) is 18.6. The third-order valence-corrected chi connectivity index (χ3v) is 8.95. The molecular weight excluding hydrogens is 526 g/mol. The molecule has 1 aliphatic heterocycles. The zero-order valence-electron chi connectivity index (χ0n) is 22.9. The number of benzene rings is 1. The quantitative estimate of drug-likeness (QED) is 0.326. The SMILES string of the molecule is Cc1cccc(-n2nc(C(C)(C)C)c3c2N(CC(=O)NCc2ccncc2)C(=O)CSC3c2ccsc2)c1C. The Morgan fingerprint density at radius 2 is 1.90 bits per heavy atom.